The monoisotopic (exact) mass is 298 g/mol. The molecule has 1 N–H and O–H groups in total. The molecular formula is C14H19ClN2OS. The Bertz CT molecular complexity index is 441. The summed E-state index contributed by atoms with van der Waals surface area (Å²) in [5.41, 5.74) is 1.19. The van der Waals surface area contributed by atoms with Gasteiger partial charge in [0.25, 0.3) is 0 Å². The lowest BCUT2D eigenvalue weighted by molar-refractivity contribution is 0.202. The summed E-state index contributed by atoms with van der Waals surface area (Å²) in [6.07, 6.45) is 0.950. The fourth-order valence-corrected chi connectivity index (χ4v) is 3.82. The van der Waals surface area contributed by atoms with Crippen LogP contribution in [0.3, 0.4) is 0 Å². The van der Waals surface area contributed by atoms with Gasteiger partial charge in [0.1, 0.15) is 0 Å². The Kier molecular flexibility index (Phi) is 5.40. The summed E-state index contributed by atoms with van der Waals surface area (Å²) in [6.45, 7) is 4.21. The summed E-state index contributed by atoms with van der Waals surface area (Å²) >= 11 is 8.14. The summed E-state index contributed by atoms with van der Waals surface area (Å²) in [5, 5.41) is 4.07. The summed E-state index contributed by atoms with van der Waals surface area (Å²) in [6, 6.07) is 8.04. The molecule has 5 heteroatoms. The first kappa shape index (κ1) is 14.5. The van der Waals surface area contributed by atoms with E-state index in [4.69, 9.17) is 11.6 Å². The lowest BCUT2D eigenvalue weighted by Gasteiger charge is -2.20. The highest BCUT2D eigenvalue weighted by Gasteiger charge is 2.22. The minimum atomic E-state index is 0.0444. The number of rotatable bonds is 2. The number of carbonyl (C=O) groups excluding carboxylic acids is 1. The van der Waals surface area contributed by atoms with Gasteiger partial charge < -0.3 is 10.2 Å². The Hall–Kier alpha value is -0.870. The van der Waals surface area contributed by atoms with Crippen LogP contribution >= 0.6 is 23.4 Å². The van der Waals surface area contributed by atoms with E-state index in [0.29, 0.717) is 11.8 Å². The zero-order valence-electron chi connectivity index (χ0n) is 11.1. The largest absolute Gasteiger partial charge is 0.338 e. The van der Waals surface area contributed by atoms with Crippen LogP contribution in [-0.4, -0.2) is 36.3 Å². The number of hydrogen-bond donors (Lipinski definition) is 1. The Morgan fingerprint density at radius 3 is 3.00 bits per heavy atom. The molecule has 0 bridgehead atoms. The van der Waals surface area contributed by atoms with Gasteiger partial charge >= 0.3 is 6.03 Å². The van der Waals surface area contributed by atoms with Crippen LogP contribution in [-0.2, 0) is 0 Å². The highest BCUT2D eigenvalue weighted by molar-refractivity contribution is 7.99. The molecule has 0 spiro atoms. The van der Waals surface area contributed by atoms with Crippen LogP contribution in [0.5, 0.6) is 0 Å². The van der Waals surface area contributed by atoms with Crippen molar-refractivity contribution in [3.63, 3.8) is 0 Å². The summed E-state index contributed by atoms with van der Waals surface area (Å²) in [5.74, 6) is 0.951. The first-order valence-electron chi connectivity index (χ1n) is 6.61. The van der Waals surface area contributed by atoms with E-state index in [0.717, 1.165) is 30.3 Å². The number of thioether (sulfide) groups is 1. The molecule has 2 amide bonds. The molecule has 0 saturated carbocycles. The Morgan fingerprint density at radius 1 is 1.47 bits per heavy atom. The summed E-state index contributed by atoms with van der Waals surface area (Å²) in [7, 11) is 0. The van der Waals surface area contributed by atoms with Gasteiger partial charge in [0.05, 0.1) is 0 Å². The van der Waals surface area contributed by atoms with Gasteiger partial charge in [-0.05, 0) is 25.0 Å². The number of carbonyl (C=O) groups is 1. The van der Waals surface area contributed by atoms with Crippen LogP contribution in [0.2, 0.25) is 5.02 Å². The average molecular weight is 299 g/mol. The number of amides is 2. The van der Waals surface area contributed by atoms with Gasteiger partial charge in [-0.25, -0.2) is 4.79 Å². The third kappa shape index (κ3) is 3.80. The second-order valence-electron chi connectivity index (χ2n) is 4.49. The van der Waals surface area contributed by atoms with E-state index in [-0.39, 0.29) is 6.03 Å². The fourth-order valence-electron chi connectivity index (χ4n) is 2.22. The molecule has 1 aromatic carbocycles. The topological polar surface area (TPSA) is 32.3 Å². The number of halogens is 1. The van der Waals surface area contributed by atoms with Gasteiger partial charge in [0, 0.05) is 35.7 Å². The van der Waals surface area contributed by atoms with Crippen molar-refractivity contribution in [2.75, 3.05) is 25.4 Å². The molecule has 104 valence electrons. The molecule has 1 heterocycles. The van der Waals surface area contributed by atoms with Crippen molar-refractivity contribution in [2.24, 2.45) is 0 Å². The van der Waals surface area contributed by atoms with Gasteiger partial charge in [0.2, 0.25) is 0 Å². The van der Waals surface area contributed by atoms with Crippen LogP contribution in [0.25, 0.3) is 0 Å². The van der Waals surface area contributed by atoms with Gasteiger partial charge in [-0.3, -0.25) is 0 Å². The third-order valence-electron chi connectivity index (χ3n) is 3.21. The normalized spacial score (nSPS) is 19.9. The maximum absolute atomic E-state index is 11.8. The first-order valence-corrected chi connectivity index (χ1v) is 8.04. The van der Waals surface area contributed by atoms with Gasteiger partial charge in [-0.1, -0.05) is 29.8 Å². The van der Waals surface area contributed by atoms with Crippen molar-refractivity contribution in [3.8, 4) is 0 Å². The molecule has 0 aliphatic carbocycles. The summed E-state index contributed by atoms with van der Waals surface area (Å²) < 4.78 is 0. The van der Waals surface area contributed by atoms with Gasteiger partial charge in [-0.2, -0.15) is 11.8 Å². The highest BCUT2D eigenvalue weighted by Crippen LogP contribution is 2.37. The Labute approximate surface area is 123 Å². The van der Waals surface area contributed by atoms with Crippen LogP contribution in [0, 0.1) is 0 Å². The van der Waals surface area contributed by atoms with Gasteiger partial charge in [-0.15, -0.1) is 0 Å². The van der Waals surface area contributed by atoms with Gasteiger partial charge in [0.15, 0.2) is 0 Å². The van der Waals surface area contributed by atoms with Crippen molar-refractivity contribution in [1.29, 1.82) is 0 Å². The average Bonchev–Trinajstić information content (AvgIpc) is 2.65. The molecule has 0 aromatic heterocycles. The minimum absolute atomic E-state index is 0.0444. The molecule has 1 fully saturated rings. The van der Waals surface area contributed by atoms with Crippen LogP contribution in [0.1, 0.15) is 24.2 Å². The molecule has 3 nitrogen and oxygen atoms in total. The fraction of sp³-hybridized carbons (Fsp3) is 0.500. The molecule has 1 atom stereocenters. The number of urea groups is 1. The van der Waals surface area contributed by atoms with E-state index >= 15 is 0 Å². The third-order valence-corrected chi connectivity index (χ3v) is 4.86. The van der Waals surface area contributed by atoms with E-state index in [2.05, 4.69) is 11.4 Å². The predicted molar refractivity (Wildman–Crippen MR) is 81.9 cm³/mol. The summed E-state index contributed by atoms with van der Waals surface area (Å²) in [4.78, 5) is 13.7. The van der Waals surface area contributed by atoms with Crippen molar-refractivity contribution >= 4 is 29.4 Å². The number of benzene rings is 1. The van der Waals surface area contributed by atoms with Crippen LogP contribution in [0.4, 0.5) is 4.79 Å². The maximum atomic E-state index is 11.8. The smallest absolute Gasteiger partial charge is 0.317 e. The lowest BCUT2D eigenvalue weighted by Crippen LogP contribution is -2.41. The van der Waals surface area contributed by atoms with Crippen molar-refractivity contribution in [3.05, 3.63) is 34.9 Å². The van der Waals surface area contributed by atoms with E-state index < -0.39 is 0 Å². The molecule has 1 aliphatic heterocycles. The highest BCUT2D eigenvalue weighted by atomic mass is 35.5. The molecule has 1 unspecified atom stereocenters. The van der Waals surface area contributed by atoms with Crippen molar-refractivity contribution in [1.82, 2.24) is 10.2 Å². The van der Waals surface area contributed by atoms with Crippen molar-refractivity contribution in [2.45, 2.75) is 18.6 Å². The van der Waals surface area contributed by atoms with Crippen molar-refractivity contribution < 1.29 is 4.79 Å². The molecule has 2 rings (SSSR count). The Morgan fingerprint density at radius 2 is 2.26 bits per heavy atom. The predicted octanol–water partition coefficient (Wildman–Crippen LogP) is 3.55. The van der Waals surface area contributed by atoms with E-state index in [1.807, 2.05) is 41.8 Å². The van der Waals surface area contributed by atoms with Crippen LogP contribution in [0.15, 0.2) is 24.3 Å². The molecular weight excluding hydrogens is 280 g/mol. The number of hydrogen-bond acceptors (Lipinski definition) is 2. The molecule has 19 heavy (non-hydrogen) atoms. The second kappa shape index (κ2) is 7.06. The Balaban J connectivity index is 2.01. The standard InChI is InChI=1S/C14H19ClN2OS/c1-2-16-14(18)17-8-7-13(19-10-9-17)11-5-3-4-6-12(11)15/h3-6,13H,2,7-10H2,1H3,(H,16,18). The number of nitrogens with zero attached hydrogens (tertiary/aromatic N) is 1. The molecule has 0 radical (unpaired) electrons. The quantitative estimate of drug-likeness (QED) is 0.905. The van der Waals surface area contributed by atoms with E-state index in [9.17, 15) is 4.79 Å². The molecule has 1 aromatic rings. The maximum Gasteiger partial charge on any atom is 0.317 e. The number of nitrogens with one attached hydrogen (secondary N) is 1. The zero-order chi connectivity index (χ0) is 13.7. The second-order valence-corrected chi connectivity index (χ2v) is 6.21. The minimum Gasteiger partial charge on any atom is -0.338 e. The van der Waals surface area contributed by atoms with E-state index in [1.165, 1.54) is 5.56 Å². The lowest BCUT2D eigenvalue weighted by atomic mass is 10.1. The zero-order valence-corrected chi connectivity index (χ0v) is 12.6. The first-order chi connectivity index (χ1) is 9.22. The van der Waals surface area contributed by atoms with E-state index in [1.54, 1.807) is 0 Å². The van der Waals surface area contributed by atoms with Crippen LogP contribution < -0.4 is 5.32 Å². The molecule has 1 aliphatic rings. The molecule has 1 saturated heterocycles. The SMILES string of the molecule is CCNC(=O)N1CCSC(c2ccccc2Cl)CC1.